The zero-order valence-corrected chi connectivity index (χ0v) is 16.2. The molecule has 26 heavy (non-hydrogen) atoms. The van der Waals surface area contributed by atoms with Crippen molar-refractivity contribution in [3.8, 4) is 0 Å². The third-order valence-corrected chi connectivity index (χ3v) is 5.52. The molecule has 0 spiro atoms. The predicted octanol–water partition coefficient (Wildman–Crippen LogP) is 3.61. The van der Waals surface area contributed by atoms with Gasteiger partial charge in [0, 0.05) is 23.3 Å². The van der Waals surface area contributed by atoms with Gasteiger partial charge in [0.1, 0.15) is 0 Å². The summed E-state index contributed by atoms with van der Waals surface area (Å²) in [5.41, 5.74) is 7.61. The van der Waals surface area contributed by atoms with Gasteiger partial charge >= 0.3 is 0 Å². The summed E-state index contributed by atoms with van der Waals surface area (Å²) in [5, 5.41) is 0. The number of aryl methyl sites for hydroxylation is 3. The molecule has 5 nitrogen and oxygen atoms in total. The van der Waals surface area contributed by atoms with Crippen molar-refractivity contribution in [2.45, 2.75) is 46.5 Å². The van der Waals surface area contributed by atoms with Crippen LogP contribution in [-0.2, 0) is 17.6 Å². The van der Waals surface area contributed by atoms with Gasteiger partial charge in [-0.3, -0.25) is 25.2 Å². The van der Waals surface area contributed by atoms with E-state index in [1.54, 1.807) is 12.1 Å². The number of ketones is 1. The normalized spacial score (nSPS) is 10.4. The van der Waals surface area contributed by atoms with E-state index >= 15 is 0 Å². The lowest BCUT2D eigenvalue weighted by atomic mass is 10.0. The Bertz CT molecular complexity index is 794. The smallest absolute Gasteiger partial charge is 0.279 e. The Kier molecular flexibility index (Phi) is 7.09. The van der Waals surface area contributed by atoms with Crippen LogP contribution in [0.2, 0.25) is 0 Å². The maximum Gasteiger partial charge on any atom is 0.279 e. The summed E-state index contributed by atoms with van der Waals surface area (Å²) in [4.78, 5) is 37.8. The first-order chi connectivity index (χ1) is 12.4. The van der Waals surface area contributed by atoms with Gasteiger partial charge < -0.3 is 0 Å². The molecule has 0 fully saturated rings. The maximum atomic E-state index is 12.1. The van der Waals surface area contributed by atoms with Crippen LogP contribution in [0.3, 0.4) is 0 Å². The fraction of sp³-hybridized carbons (Fsp3) is 0.350. The lowest BCUT2D eigenvalue weighted by molar-refractivity contribution is -0.121. The van der Waals surface area contributed by atoms with Crippen molar-refractivity contribution in [1.29, 1.82) is 0 Å². The van der Waals surface area contributed by atoms with E-state index in [1.807, 2.05) is 32.0 Å². The molecule has 6 heteroatoms. The van der Waals surface area contributed by atoms with Crippen molar-refractivity contribution >= 4 is 28.9 Å². The highest BCUT2D eigenvalue weighted by molar-refractivity contribution is 7.14. The molecule has 138 valence electrons. The minimum Gasteiger partial charge on any atom is -0.294 e. The number of benzene rings is 1. The molecule has 0 saturated heterocycles. The molecule has 0 bridgehead atoms. The van der Waals surface area contributed by atoms with E-state index in [-0.39, 0.29) is 30.4 Å². The van der Waals surface area contributed by atoms with Gasteiger partial charge in [-0.15, -0.1) is 11.3 Å². The van der Waals surface area contributed by atoms with Gasteiger partial charge in [0.05, 0.1) is 4.88 Å². The quantitative estimate of drug-likeness (QED) is 0.576. The van der Waals surface area contributed by atoms with Crippen LogP contribution in [-0.4, -0.2) is 17.6 Å². The first-order valence-electron chi connectivity index (χ1n) is 8.75. The highest BCUT2D eigenvalue weighted by Crippen LogP contribution is 2.22. The fourth-order valence-electron chi connectivity index (χ4n) is 2.53. The Hall–Kier alpha value is -2.47. The first-order valence-corrected chi connectivity index (χ1v) is 9.56. The molecule has 0 aliphatic carbocycles. The van der Waals surface area contributed by atoms with Gasteiger partial charge in [-0.25, -0.2) is 0 Å². The molecule has 0 radical (unpaired) electrons. The van der Waals surface area contributed by atoms with Crippen molar-refractivity contribution in [2.75, 3.05) is 0 Å². The standard InChI is InChI=1S/C20H24N2O3S/c1-4-14-6-8-15(9-7-14)16(23)10-11-19(24)21-22-20(25)18-12-13(3)17(5-2)26-18/h6-9,12H,4-5,10-11H2,1-3H3,(H,21,24)(H,22,25). The van der Waals surface area contributed by atoms with Crippen LogP contribution in [0.15, 0.2) is 30.3 Å². The van der Waals surface area contributed by atoms with E-state index < -0.39 is 0 Å². The molecule has 0 saturated carbocycles. The van der Waals surface area contributed by atoms with Crippen LogP contribution in [0, 0.1) is 6.92 Å². The SMILES string of the molecule is CCc1ccc(C(=O)CCC(=O)NNC(=O)c2cc(C)c(CC)s2)cc1. The lowest BCUT2D eigenvalue weighted by Crippen LogP contribution is -2.41. The van der Waals surface area contributed by atoms with Crippen molar-refractivity contribution in [3.05, 3.63) is 56.8 Å². The van der Waals surface area contributed by atoms with E-state index in [2.05, 4.69) is 17.8 Å². The summed E-state index contributed by atoms with van der Waals surface area (Å²) in [6.07, 6.45) is 1.92. The molecule has 1 aromatic heterocycles. The monoisotopic (exact) mass is 372 g/mol. The zero-order valence-electron chi connectivity index (χ0n) is 15.3. The molecule has 0 aliphatic heterocycles. The van der Waals surface area contributed by atoms with Crippen molar-refractivity contribution < 1.29 is 14.4 Å². The molecule has 2 aromatic rings. The van der Waals surface area contributed by atoms with E-state index in [0.29, 0.717) is 10.4 Å². The van der Waals surface area contributed by atoms with Gasteiger partial charge in [-0.05, 0) is 37.0 Å². The van der Waals surface area contributed by atoms with Crippen LogP contribution in [0.4, 0.5) is 0 Å². The van der Waals surface area contributed by atoms with E-state index in [9.17, 15) is 14.4 Å². The van der Waals surface area contributed by atoms with Gasteiger partial charge in [0.25, 0.3) is 5.91 Å². The largest absolute Gasteiger partial charge is 0.294 e. The predicted molar refractivity (Wildman–Crippen MR) is 103 cm³/mol. The van der Waals surface area contributed by atoms with Gasteiger partial charge in [0.2, 0.25) is 5.91 Å². The van der Waals surface area contributed by atoms with Gasteiger partial charge in [-0.1, -0.05) is 38.1 Å². The van der Waals surface area contributed by atoms with E-state index in [1.165, 1.54) is 11.3 Å². The summed E-state index contributed by atoms with van der Waals surface area (Å²) in [7, 11) is 0. The third kappa shape index (κ3) is 5.26. The van der Waals surface area contributed by atoms with Crippen LogP contribution in [0.25, 0.3) is 0 Å². The number of amides is 2. The summed E-state index contributed by atoms with van der Waals surface area (Å²) in [6.45, 7) is 6.05. The number of hydrogen-bond donors (Lipinski definition) is 2. The molecule has 1 aromatic carbocycles. The number of rotatable bonds is 7. The Balaban J connectivity index is 1.78. The maximum absolute atomic E-state index is 12.1. The number of hydrazine groups is 1. The molecule has 2 rings (SSSR count). The number of carbonyl (C=O) groups excluding carboxylic acids is 3. The lowest BCUT2D eigenvalue weighted by Gasteiger charge is -2.06. The second-order valence-corrected chi connectivity index (χ2v) is 7.18. The Morgan fingerprint density at radius 2 is 1.65 bits per heavy atom. The topological polar surface area (TPSA) is 75.3 Å². The van der Waals surface area contributed by atoms with Gasteiger partial charge in [-0.2, -0.15) is 0 Å². The molecule has 1 heterocycles. The fourth-order valence-corrected chi connectivity index (χ4v) is 3.54. The van der Waals surface area contributed by atoms with E-state index in [0.717, 1.165) is 28.8 Å². The molecule has 2 amide bonds. The van der Waals surface area contributed by atoms with Crippen molar-refractivity contribution in [1.82, 2.24) is 10.9 Å². The highest BCUT2D eigenvalue weighted by atomic mass is 32.1. The minimum atomic E-state index is -0.388. The number of hydrogen-bond acceptors (Lipinski definition) is 4. The summed E-state index contributed by atoms with van der Waals surface area (Å²) in [6, 6.07) is 9.22. The second kappa shape index (κ2) is 9.29. The summed E-state index contributed by atoms with van der Waals surface area (Å²) in [5.74, 6) is -0.816. The zero-order chi connectivity index (χ0) is 19.1. The van der Waals surface area contributed by atoms with Gasteiger partial charge in [0.15, 0.2) is 5.78 Å². The van der Waals surface area contributed by atoms with Crippen molar-refractivity contribution in [2.24, 2.45) is 0 Å². The summed E-state index contributed by atoms with van der Waals surface area (Å²) < 4.78 is 0. The molecule has 0 aliphatic rings. The molecular weight excluding hydrogens is 348 g/mol. The number of Topliss-reactive ketones (excluding diaryl/α,β-unsaturated/α-hetero) is 1. The summed E-state index contributed by atoms with van der Waals surface area (Å²) >= 11 is 1.42. The van der Waals surface area contributed by atoms with Crippen LogP contribution >= 0.6 is 11.3 Å². The Labute approximate surface area is 157 Å². The van der Waals surface area contributed by atoms with Crippen LogP contribution < -0.4 is 10.9 Å². The highest BCUT2D eigenvalue weighted by Gasteiger charge is 2.13. The van der Waals surface area contributed by atoms with E-state index in [4.69, 9.17) is 0 Å². The third-order valence-electron chi connectivity index (χ3n) is 4.14. The molecular formula is C20H24N2O3S. The number of nitrogens with one attached hydrogen (secondary N) is 2. The van der Waals surface area contributed by atoms with Crippen molar-refractivity contribution in [3.63, 3.8) is 0 Å². The average Bonchev–Trinajstić information content (AvgIpc) is 3.05. The molecule has 0 unspecified atom stereocenters. The number of thiophene rings is 1. The number of carbonyl (C=O) groups is 3. The first kappa shape index (κ1) is 19.8. The Morgan fingerprint density at radius 3 is 2.23 bits per heavy atom. The molecule has 2 N–H and O–H groups in total. The second-order valence-electron chi connectivity index (χ2n) is 6.05. The Morgan fingerprint density at radius 1 is 0.962 bits per heavy atom. The average molecular weight is 372 g/mol. The van der Waals surface area contributed by atoms with Crippen LogP contribution in [0.5, 0.6) is 0 Å². The van der Waals surface area contributed by atoms with Crippen LogP contribution in [0.1, 0.15) is 62.7 Å². The minimum absolute atomic E-state index is 0.0261. The molecule has 0 atom stereocenters.